The molecule has 1 aliphatic heterocycles. The molecule has 1 heterocycles. The maximum atomic E-state index is 13.3. The number of phenolic OH excluding ortho intramolecular Hbond substituents is 1. The number of anilines is 2. The number of hydrogen-bond donors (Lipinski definition) is 1. The molecule has 2 aromatic rings. The van der Waals surface area contributed by atoms with Gasteiger partial charge in [-0.25, -0.2) is 8.42 Å². The zero-order chi connectivity index (χ0) is 19.7. The van der Waals surface area contributed by atoms with Gasteiger partial charge in [0.15, 0.2) is 9.84 Å². The molecule has 0 unspecified atom stereocenters. The Hall–Kier alpha value is -1.66. The number of fused-ring (bicyclic) bond motifs is 1. The Morgan fingerprint density at radius 3 is 2.48 bits per heavy atom. The molecule has 0 saturated heterocycles. The van der Waals surface area contributed by atoms with Crippen LogP contribution in [0.5, 0.6) is 5.75 Å². The Bertz CT molecular complexity index is 913. The normalized spacial score (nSPS) is 21.5. The SMILES string of the molecule is CCC[C@]1(CC)CN(c2ccccc2)c2cc(SC)c(O)cc2S(=O)(=O)C1. The predicted molar refractivity (Wildman–Crippen MR) is 113 cm³/mol. The first-order valence-corrected chi connectivity index (χ1v) is 12.2. The third-order valence-electron chi connectivity index (χ3n) is 5.47. The van der Waals surface area contributed by atoms with Crippen LogP contribution in [0, 0.1) is 5.41 Å². The van der Waals surface area contributed by atoms with Gasteiger partial charge in [-0.1, -0.05) is 38.5 Å². The molecule has 1 atom stereocenters. The van der Waals surface area contributed by atoms with Crippen molar-refractivity contribution < 1.29 is 13.5 Å². The molecule has 6 heteroatoms. The van der Waals surface area contributed by atoms with Gasteiger partial charge in [-0.15, -0.1) is 11.8 Å². The Balaban J connectivity index is 2.29. The molecule has 0 aliphatic carbocycles. The second kappa shape index (κ2) is 7.76. The van der Waals surface area contributed by atoms with Gasteiger partial charge in [-0.3, -0.25) is 0 Å². The van der Waals surface area contributed by atoms with Crippen LogP contribution in [0.4, 0.5) is 11.4 Å². The first-order valence-electron chi connectivity index (χ1n) is 9.32. The highest BCUT2D eigenvalue weighted by molar-refractivity contribution is 7.98. The van der Waals surface area contributed by atoms with Gasteiger partial charge in [0.1, 0.15) is 5.75 Å². The highest BCUT2D eigenvalue weighted by atomic mass is 32.2. The van der Waals surface area contributed by atoms with Gasteiger partial charge in [-0.05, 0) is 37.3 Å². The van der Waals surface area contributed by atoms with Crippen molar-refractivity contribution in [2.45, 2.75) is 42.9 Å². The van der Waals surface area contributed by atoms with Crippen molar-refractivity contribution in [1.29, 1.82) is 0 Å². The van der Waals surface area contributed by atoms with Crippen LogP contribution >= 0.6 is 11.8 Å². The lowest BCUT2D eigenvalue weighted by Gasteiger charge is -2.36. The molecule has 0 saturated carbocycles. The zero-order valence-electron chi connectivity index (χ0n) is 16.1. The van der Waals surface area contributed by atoms with Gasteiger partial charge in [0, 0.05) is 23.7 Å². The molecule has 0 amide bonds. The van der Waals surface area contributed by atoms with Crippen LogP contribution in [-0.2, 0) is 9.84 Å². The fourth-order valence-corrected chi connectivity index (χ4v) is 6.70. The van der Waals surface area contributed by atoms with Gasteiger partial charge in [0.25, 0.3) is 0 Å². The van der Waals surface area contributed by atoms with E-state index in [9.17, 15) is 13.5 Å². The molecule has 0 radical (unpaired) electrons. The molecule has 2 aromatic carbocycles. The van der Waals surface area contributed by atoms with Crippen molar-refractivity contribution in [3.63, 3.8) is 0 Å². The first kappa shape index (κ1) is 20.1. The molecular weight excluding hydrogens is 378 g/mol. The summed E-state index contributed by atoms with van der Waals surface area (Å²) in [7, 11) is -3.52. The Kier molecular flexibility index (Phi) is 5.77. The fourth-order valence-electron chi connectivity index (χ4n) is 4.02. The van der Waals surface area contributed by atoms with Crippen LogP contribution in [0.1, 0.15) is 33.1 Å². The maximum Gasteiger partial charge on any atom is 0.181 e. The van der Waals surface area contributed by atoms with Crippen molar-refractivity contribution in [3.8, 4) is 5.75 Å². The minimum Gasteiger partial charge on any atom is -0.507 e. The van der Waals surface area contributed by atoms with Crippen molar-refractivity contribution in [2.24, 2.45) is 5.41 Å². The van der Waals surface area contributed by atoms with E-state index in [4.69, 9.17) is 0 Å². The summed E-state index contributed by atoms with van der Waals surface area (Å²) in [5, 5.41) is 10.3. The van der Waals surface area contributed by atoms with Crippen LogP contribution in [0.25, 0.3) is 0 Å². The van der Waals surface area contributed by atoms with E-state index in [-0.39, 0.29) is 21.8 Å². The molecule has 0 bridgehead atoms. The highest BCUT2D eigenvalue weighted by Crippen LogP contribution is 2.46. The summed E-state index contributed by atoms with van der Waals surface area (Å²) in [6, 6.07) is 13.2. The quantitative estimate of drug-likeness (QED) is 0.690. The molecule has 3 rings (SSSR count). The summed E-state index contributed by atoms with van der Waals surface area (Å²) in [5.41, 5.74) is 1.31. The monoisotopic (exact) mass is 405 g/mol. The van der Waals surface area contributed by atoms with Gasteiger partial charge in [0.2, 0.25) is 0 Å². The average Bonchev–Trinajstić information content (AvgIpc) is 2.75. The molecule has 146 valence electrons. The summed E-state index contributed by atoms with van der Waals surface area (Å²) >= 11 is 1.42. The molecular formula is C21H27NO3S2. The van der Waals surface area contributed by atoms with E-state index < -0.39 is 9.84 Å². The summed E-state index contributed by atoms with van der Waals surface area (Å²) in [5.74, 6) is 0.135. The lowest BCUT2D eigenvalue weighted by molar-refractivity contribution is 0.296. The standard InChI is InChI=1S/C21H27NO3S2/c1-4-11-21(5-2)14-22(16-9-7-6-8-10-16)17-12-19(26-3)18(23)13-20(17)27(24,25)15-21/h6-10,12-13,23H,4-5,11,14-15H2,1-3H3/t21-/m1/s1. The lowest BCUT2D eigenvalue weighted by Crippen LogP contribution is -2.37. The minimum atomic E-state index is -3.52. The molecule has 0 spiro atoms. The van der Waals surface area contributed by atoms with Gasteiger partial charge in [0.05, 0.1) is 21.2 Å². The highest BCUT2D eigenvalue weighted by Gasteiger charge is 2.41. The van der Waals surface area contributed by atoms with Crippen LogP contribution in [-0.4, -0.2) is 32.1 Å². The Morgan fingerprint density at radius 2 is 1.89 bits per heavy atom. The van der Waals surface area contributed by atoms with Crippen LogP contribution in [0.3, 0.4) is 0 Å². The number of thioether (sulfide) groups is 1. The third-order valence-corrected chi connectivity index (χ3v) is 8.23. The number of para-hydroxylation sites is 1. The average molecular weight is 406 g/mol. The van der Waals surface area contributed by atoms with E-state index >= 15 is 0 Å². The number of benzene rings is 2. The smallest absolute Gasteiger partial charge is 0.181 e. The van der Waals surface area contributed by atoms with E-state index in [0.717, 1.165) is 24.9 Å². The van der Waals surface area contributed by atoms with Crippen molar-refractivity contribution in [3.05, 3.63) is 42.5 Å². The summed E-state index contributed by atoms with van der Waals surface area (Å²) < 4.78 is 26.7. The molecule has 1 aliphatic rings. The van der Waals surface area contributed by atoms with E-state index in [2.05, 4.69) is 18.7 Å². The van der Waals surface area contributed by atoms with E-state index in [1.165, 1.54) is 17.8 Å². The van der Waals surface area contributed by atoms with Crippen molar-refractivity contribution >= 4 is 33.0 Å². The van der Waals surface area contributed by atoms with E-state index in [0.29, 0.717) is 17.1 Å². The number of rotatable bonds is 5. The molecule has 0 fully saturated rings. The maximum absolute atomic E-state index is 13.3. The molecule has 27 heavy (non-hydrogen) atoms. The van der Waals surface area contributed by atoms with E-state index in [1.54, 1.807) is 0 Å². The van der Waals surface area contributed by atoms with E-state index in [1.807, 2.05) is 42.7 Å². The van der Waals surface area contributed by atoms with Crippen LogP contribution in [0.15, 0.2) is 52.3 Å². The number of phenols is 1. The Morgan fingerprint density at radius 1 is 1.19 bits per heavy atom. The van der Waals surface area contributed by atoms with Gasteiger partial charge >= 0.3 is 0 Å². The van der Waals surface area contributed by atoms with Crippen molar-refractivity contribution in [2.75, 3.05) is 23.5 Å². The summed E-state index contributed by atoms with van der Waals surface area (Å²) in [4.78, 5) is 3.04. The number of hydrogen-bond acceptors (Lipinski definition) is 5. The number of nitrogens with zero attached hydrogens (tertiary/aromatic N) is 1. The van der Waals surface area contributed by atoms with Crippen LogP contribution < -0.4 is 4.90 Å². The zero-order valence-corrected chi connectivity index (χ0v) is 17.7. The number of sulfone groups is 1. The fraction of sp³-hybridized carbons (Fsp3) is 0.429. The van der Waals surface area contributed by atoms with Crippen molar-refractivity contribution in [1.82, 2.24) is 0 Å². The minimum absolute atomic E-state index is 0.0253. The largest absolute Gasteiger partial charge is 0.507 e. The van der Waals surface area contributed by atoms with Gasteiger partial charge < -0.3 is 10.0 Å². The topological polar surface area (TPSA) is 57.6 Å². The second-order valence-electron chi connectivity index (χ2n) is 7.28. The number of aromatic hydroxyl groups is 1. The van der Waals surface area contributed by atoms with Gasteiger partial charge in [-0.2, -0.15) is 0 Å². The summed E-state index contributed by atoms with van der Waals surface area (Å²) in [6.07, 6.45) is 4.46. The molecule has 4 nitrogen and oxygen atoms in total. The van der Waals surface area contributed by atoms with Crippen LogP contribution in [0.2, 0.25) is 0 Å². The third kappa shape index (κ3) is 3.83. The molecule has 0 aromatic heterocycles. The summed E-state index contributed by atoms with van der Waals surface area (Å²) in [6.45, 7) is 4.83. The molecule has 1 N–H and O–H groups in total. The lowest BCUT2D eigenvalue weighted by atomic mass is 9.82. The predicted octanol–water partition coefficient (Wildman–Crippen LogP) is 5.24. The first-order chi connectivity index (χ1) is 12.9. The Labute approximate surface area is 166 Å². The second-order valence-corrected chi connectivity index (χ2v) is 10.1.